The summed E-state index contributed by atoms with van der Waals surface area (Å²) in [5, 5.41) is 17.3. The fourth-order valence-electron chi connectivity index (χ4n) is 16.8. The van der Waals surface area contributed by atoms with Gasteiger partial charge >= 0.3 is 0 Å². The monoisotopic (exact) mass is 1190 g/mol. The number of hydrogen-bond donors (Lipinski definition) is 0. The third kappa shape index (κ3) is 15.6. The molecule has 0 aliphatic rings. The largest absolute Gasteiger partial charge is 0.146 e. The second-order valence-corrected chi connectivity index (χ2v) is 40.2. The lowest BCUT2D eigenvalue weighted by atomic mass is 9.76. The third-order valence-corrected chi connectivity index (χ3v) is 34.0. The molecule has 0 radical (unpaired) electrons. The zero-order chi connectivity index (χ0) is 62.0. The van der Waals surface area contributed by atoms with Gasteiger partial charge in [0.1, 0.15) is 16.1 Å². The van der Waals surface area contributed by atoms with Crippen LogP contribution in [0.15, 0.2) is 72.8 Å². The van der Waals surface area contributed by atoms with Crippen molar-refractivity contribution in [1.82, 2.24) is 0 Å². The summed E-state index contributed by atoms with van der Waals surface area (Å²) < 4.78 is 0. The second kappa shape index (κ2) is 33.5. The van der Waals surface area contributed by atoms with Crippen LogP contribution in [0.3, 0.4) is 0 Å². The van der Waals surface area contributed by atoms with Gasteiger partial charge in [0, 0.05) is 32.7 Å². The molecule has 7 aromatic carbocycles. The van der Waals surface area contributed by atoms with E-state index < -0.39 is 16.1 Å². The third-order valence-electron chi connectivity index (χ3n) is 21.4. The van der Waals surface area contributed by atoms with E-state index in [2.05, 4.69) is 207 Å². The SMILES string of the molecule is CCCCCCCCc1c2cc3ccccc3cc2c(CCCCCCCC)c2c(C#C[Si](C(C)C)(C(C)C)C(C)C)c3c(CCCCCCCC)c4cc5ccccc5cc4c(CCCCCCCC)c3c(C#C[Si](C(C)C)(C(C)C)C(C)C)c12. The summed E-state index contributed by atoms with van der Waals surface area (Å²) in [6, 6.07) is 29.3. The molecular formula is C84H122Si2. The minimum absolute atomic E-state index is 0.523. The van der Waals surface area contributed by atoms with Crippen molar-refractivity contribution in [2.75, 3.05) is 0 Å². The number of benzene rings is 7. The van der Waals surface area contributed by atoms with E-state index in [0.717, 1.165) is 25.7 Å². The first-order chi connectivity index (χ1) is 41.5. The normalized spacial score (nSPS) is 12.5. The van der Waals surface area contributed by atoms with Gasteiger partial charge in [-0.25, -0.2) is 0 Å². The van der Waals surface area contributed by atoms with E-state index in [-0.39, 0.29) is 0 Å². The molecule has 2 heteroatoms. The van der Waals surface area contributed by atoms with Crippen molar-refractivity contribution in [3.63, 3.8) is 0 Å². The van der Waals surface area contributed by atoms with Gasteiger partial charge in [-0.3, -0.25) is 0 Å². The Hall–Kier alpha value is -4.35. The Balaban J connectivity index is 1.89. The molecule has 0 spiro atoms. The van der Waals surface area contributed by atoms with Crippen molar-refractivity contribution in [2.24, 2.45) is 0 Å². The number of rotatable bonds is 34. The summed E-state index contributed by atoms with van der Waals surface area (Å²) in [6.45, 7) is 39.9. The predicted molar refractivity (Wildman–Crippen MR) is 396 cm³/mol. The van der Waals surface area contributed by atoms with Crippen molar-refractivity contribution in [1.29, 1.82) is 0 Å². The molecule has 0 saturated heterocycles. The molecule has 0 unspecified atom stereocenters. The van der Waals surface area contributed by atoms with Crippen molar-refractivity contribution in [3.05, 3.63) is 106 Å². The van der Waals surface area contributed by atoms with Crippen LogP contribution in [-0.2, 0) is 25.7 Å². The van der Waals surface area contributed by atoms with Crippen molar-refractivity contribution < 1.29 is 0 Å². The van der Waals surface area contributed by atoms with Gasteiger partial charge in [0.25, 0.3) is 0 Å². The Bertz CT molecular complexity index is 2980. The van der Waals surface area contributed by atoms with E-state index in [9.17, 15) is 0 Å². The van der Waals surface area contributed by atoms with Crippen LogP contribution in [0.2, 0.25) is 33.2 Å². The van der Waals surface area contributed by atoms with Gasteiger partial charge in [0.2, 0.25) is 0 Å². The van der Waals surface area contributed by atoms with Crippen LogP contribution in [0.25, 0.3) is 64.6 Å². The summed E-state index contributed by atoms with van der Waals surface area (Å²) >= 11 is 0. The fraction of sp³-hybridized carbons (Fsp3) is 0.595. The molecule has 7 aromatic rings. The van der Waals surface area contributed by atoms with Gasteiger partial charge in [-0.2, -0.15) is 0 Å². The van der Waals surface area contributed by atoms with E-state index >= 15 is 0 Å². The molecule has 0 nitrogen and oxygen atoms in total. The number of hydrogen-bond acceptors (Lipinski definition) is 0. The van der Waals surface area contributed by atoms with Gasteiger partial charge < -0.3 is 0 Å². The summed E-state index contributed by atoms with van der Waals surface area (Å²) in [5.74, 6) is 9.20. The molecule has 0 saturated carbocycles. The van der Waals surface area contributed by atoms with Gasteiger partial charge in [-0.05, 0) is 174 Å². The molecule has 466 valence electrons. The summed E-state index contributed by atoms with van der Waals surface area (Å²) in [7, 11) is -4.53. The molecule has 0 fully saturated rings. The zero-order valence-corrected chi connectivity index (χ0v) is 60.2. The van der Waals surface area contributed by atoms with E-state index in [4.69, 9.17) is 0 Å². The Kier molecular flexibility index (Phi) is 26.9. The van der Waals surface area contributed by atoms with Crippen LogP contribution in [0.5, 0.6) is 0 Å². The molecule has 0 aliphatic carbocycles. The standard InChI is InChI=1S/C84H122Si2/c1-17-21-25-29-33-37-49-71-77-57-67-45-41-42-46-68(67)58-78(77)72(50-38-34-30-26-22-18-2)82-76(54-56-86(64(11)12,65(13)14)66(15)16)84-74(52-40-36-32-28-24-20-4)80-60-70-48-44-43-47-69(70)59-79(80)73(51-39-35-31-27-23-19-3)83(84)75(81(71)82)53-55-85(61(5)6,62(7)8)63(9)10/h41-48,57-66H,17-40,49-52H2,1-16H3. The fourth-order valence-corrected chi connectivity index (χ4v) is 27.2. The summed E-state index contributed by atoms with van der Waals surface area (Å²) in [4.78, 5) is 0. The van der Waals surface area contributed by atoms with E-state index in [1.807, 2.05) is 0 Å². The van der Waals surface area contributed by atoms with Crippen LogP contribution in [-0.4, -0.2) is 16.1 Å². The van der Waals surface area contributed by atoms with Crippen LogP contribution in [0.1, 0.15) is 298 Å². The van der Waals surface area contributed by atoms with Gasteiger partial charge in [0.05, 0.1) is 0 Å². The van der Waals surface area contributed by atoms with Crippen LogP contribution in [0, 0.1) is 22.9 Å². The Morgan fingerprint density at radius 1 is 0.279 bits per heavy atom. The lowest BCUT2D eigenvalue weighted by molar-refractivity contribution is 0.608. The first-order valence-corrected chi connectivity index (χ1v) is 40.8. The summed E-state index contributed by atoms with van der Waals surface area (Å²) in [5.41, 5.74) is 21.3. The number of fused-ring (bicyclic) bond motifs is 6. The quantitative estimate of drug-likeness (QED) is 0.0163. The average molecular weight is 1190 g/mol. The first-order valence-electron chi connectivity index (χ1n) is 36.4. The van der Waals surface area contributed by atoms with Crippen LogP contribution in [0.4, 0.5) is 0 Å². The highest BCUT2D eigenvalue weighted by Gasteiger charge is 2.43. The van der Waals surface area contributed by atoms with Crippen molar-refractivity contribution in [3.8, 4) is 22.9 Å². The van der Waals surface area contributed by atoms with Gasteiger partial charge in [0.15, 0.2) is 0 Å². The molecule has 0 amide bonds. The molecular weight excluding hydrogens is 1070 g/mol. The maximum Gasteiger partial charge on any atom is 0.146 e. The maximum absolute atomic E-state index is 4.60. The van der Waals surface area contributed by atoms with Gasteiger partial charge in [-0.1, -0.05) is 300 Å². The Morgan fingerprint density at radius 3 is 0.674 bits per heavy atom. The van der Waals surface area contributed by atoms with Gasteiger partial charge in [-0.15, -0.1) is 11.1 Å². The highest BCUT2D eigenvalue weighted by molar-refractivity contribution is 6.91. The molecule has 86 heavy (non-hydrogen) atoms. The number of unbranched alkanes of at least 4 members (excludes halogenated alkanes) is 20. The molecule has 0 heterocycles. The lowest BCUT2D eigenvalue weighted by Crippen LogP contribution is -2.43. The van der Waals surface area contributed by atoms with E-state index in [1.165, 1.54) is 230 Å². The topological polar surface area (TPSA) is 0 Å². The molecule has 7 rings (SSSR count). The van der Waals surface area contributed by atoms with Crippen molar-refractivity contribution in [2.45, 2.75) is 324 Å². The van der Waals surface area contributed by atoms with Crippen LogP contribution < -0.4 is 0 Å². The van der Waals surface area contributed by atoms with Crippen LogP contribution >= 0.6 is 0 Å². The minimum Gasteiger partial charge on any atom is -0.125 e. The molecule has 0 aliphatic heterocycles. The minimum atomic E-state index is -2.26. The van der Waals surface area contributed by atoms with Crippen molar-refractivity contribution >= 4 is 80.8 Å². The first kappa shape index (κ1) is 69.1. The molecule has 0 bridgehead atoms. The predicted octanol–water partition coefficient (Wildman–Crippen LogP) is 27.4. The molecule has 0 atom stereocenters. The Morgan fingerprint density at radius 2 is 0.477 bits per heavy atom. The average Bonchev–Trinajstić information content (AvgIpc) is 0.732. The maximum atomic E-state index is 4.60. The van der Waals surface area contributed by atoms with E-state index in [0.29, 0.717) is 33.2 Å². The number of aryl methyl sites for hydroxylation is 4. The summed E-state index contributed by atoms with van der Waals surface area (Å²) in [6.07, 6.45) is 34.9. The highest BCUT2D eigenvalue weighted by Crippen LogP contribution is 2.50. The van der Waals surface area contributed by atoms with E-state index in [1.54, 1.807) is 22.3 Å². The molecule has 0 aromatic heterocycles. The zero-order valence-electron chi connectivity index (χ0n) is 58.2. The smallest absolute Gasteiger partial charge is 0.125 e. The second-order valence-electron chi connectivity index (χ2n) is 29.0. The molecule has 0 N–H and O–H groups in total. The lowest BCUT2D eigenvalue weighted by Gasteiger charge is -2.38. The Labute approximate surface area is 530 Å². The highest BCUT2D eigenvalue weighted by atomic mass is 28.3.